The number of nitrogens with one attached hydrogen (secondary N) is 1. The minimum absolute atomic E-state index is 0.276. The van der Waals surface area contributed by atoms with E-state index in [1.807, 2.05) is 0 Å². The molecule has 0 aliphatic carbocycles. The maximum Gasteiger partial charge on any atom is 0.254 e. The number of hydrogen-bond donors (Lipinski definition) is 1. The van der Waals surface area contributed by atoms with Gasteiger partial charge in [-0.2, -0.15) is 5.10 Å². The maximum absolute atomic E-state index is 13.9. The minimum atomic E-state index is -0.406. The molecule has 0 radical (unpaired) electrons. The average Bonchev–Trinajstić information content (AvgIpc) is 2.98. The molecule has 3 aromatic rings. The third kappa shape index (κ3) is 3.74. The van der Waals surface area contributed by atoms with Gasteiger partial charge in [0.1, 0.15) is 17.3 Å². The molecule has 1 amide bonds. The molecule has 0 bridgehead atoms. The Morgan fingerprint density at radius 3 is 2.56 bits per heavy atom. The van der Waals surface area contributed by atoms with Crippen molar-refractivity contribution in [3.05, 3.63) is 83.2 Å². The molecule has 4 nitrogen and oxygen atoms in total. The molecule has 0 unspecified atom stereocenters. The molecule has 0 fully saturated rings. The van der Waals surface area contributed by atoms with Crippen LogP contribution >= 0.6 is 0 Å². The lowest BCUT2D eigenvalue weighted by molar-refractivity contribution is 0.0953. The van der Waals surface area contributed by atoms with Gasteiger partial charge in [-0.25, -0.2) is 13.5 Å². The van der Waals surface area contributed by atoms with Crippen molar-refractivity contribution in [2.75, 3.05) is 6.54 Å². The lowest BCUT2D eigenvalue weighted by atomic mass is 10.1. The summed E-state index contributed by atoms with van der Waals surface area (Å²) in [6, 6.07) is 12.4. The van der Waals surface area contributed by atoms with E-state index in [2.05, 4.69) is 10.4 Å². The Kier molecular flexibility index (Phi) is 4.88. The van der Waals surface area contributed by atoms with Gasteiger partial charge in [-0.05, 0) is 43.2 Å². The Labute approximate surface area is 144 Å². The molecule has 0 aliphatic rings. The second kappa shape index (κ2) is 7.25. The summed E-state index contributed by atoms with van der Waals surface area (Å²) < 4.78 is 28.2. The first-order chi connectivity index (χ1) is 12.1. The van der Waals surface area contributed by atoms with Gasteiger partial charge in [0.05, 0.1) is 17.5 Å². The van der Waals surface area contributed by atoms with Gasteiger partial charge in [0.15, 0.2) is 0 Å². The average molecular weight is 341 g/mol. The zero-order valence-corrected chi connectivity index (χ0v) is 13.7. The molecule has 0 aliphatic heterocycles. The number of amides is 1. The Morgan fingerprint density at radius 2 is 1.84 bits per heavy atom. The molecule has 0 spiro atoms. The molecule has 0 saturated carbocycles. The number of nitrogens with zero attached hydrogens (tertiary/aromatic N) is 2. The number of hydrogen-bond acceptors (Lipinski definition) is 2. The Bertz CT molecular complexity index is 888. The normalized spacial score (nSPS) is 10.7. The first-order valence-corrected chi connectivity index (χ1v) is 7.88. The number of halogens is 2. The van der Waals surface area contributed by atoms with E-state index in [1.165, 1.54) is 29.1 Å². The molecule has 3 rings (SSSR count). The minimum Gasteiger partial charge on any atom is -0.352 e. The van der Waals surface area contributed by atoms with Crippen LogP contribution in [0, 0.1) is 18.6 Å². The fraction of sp³-hybridized carbons (Fsp3) is 0.158. The number of para-hydroxylation sites is 1. The van der Waals surface area contributed by atoms with E-state index in [9.17, 15) is 13.6 Å². The van der Waals surface area contributed by atoms with Crippen molar-refractivity contribution < 1.29 is 13.6 Å². The highest BCUT2D eigenvalue weighted by Gasteiger charge is 2.16. The van der Waals surface area contributed by atoms with Crippen molar-refractivity contribution in [3.8, 4) is 5.69 Å². The van der Waals surface area contributed by atoms with Crippen LogP contribution in [0.4, 0.5) is 8.78 Å². The van der Waals surface area contributed by atoms with Gasteiger partial charge in [-0.1, -0.05) is 24.3 Å². The highest BCUT2D eigenvalue weighted by atomic mass is 19.1. The van der Waals surface area contributed by atoms with Crippen molar-refractivity contribution in [2.24, 2.45) is 0 Å². The topological polar surface area (TPSA) is 46.9 Å². The predicted octanol–water partition coefficient (Wildman–Crippen LogP) is 3.43. The quantitative estimate of drug-likeness (QED) is 0.773. The fourth-order valence-corrected chi connectivity index (χ4v) is 2.57. The zero-order valence-electron chi connectivity index (χ0n) is 13.7. The Morgan fingerprint density at radius 1 is 1.12 bits per heavy atom. The molecule has 25 heavy (non-hydrogen) atoms. The summed E-state index contributed by atoms with van der Waals surface area (Å²) in [5.74, 6) is -0.969. The van der Waals surface area contributed by atoms with Gasteiger partial charge in [-0.3, -0.25) is 4.79 Å². The standard InChI is InChI=1S/C19H17F2N3O/c1-13-16(12-23-24(13)18-5-3-2-4-17(18)21)19(25)22-11-10-14-6-8-15(20)9-7-14/h2-9,12H,10-11H2,1H3,(H,22,25). The molecule has 128 valence electrons. The smallest absolute Gasteiger partial charge is 0.254 e. The van der Waals surface area contributed by atoms with Gasteiger partial charge in [0.25, 0.3) is 5.91 Å². The maximum atomic E-state index is 13.9. The van der Waals surface area contributed by atoms with Crippen molar-refractivity contribution in [3.63, 3.8) is 0 Å². The fourth-order valence-electron chi connectivity index (χ4n) is 2.57. The zero-order chi connectivity index (χ0) is 17.8. The van der Waals surface area contributed by atoms with Crippen molar-refractivity contribution >= 4 is 5.91 Å². The Balaban J connectivity index is 1.67. The molecule has 6 heteroatoms. The summed E-state index contributed by atoms with van der Waals surface area (Å²) in [7, 11) is 0. The van der Waals surface area contributed by atoms with Crippen molar-refractivity contribution in [2.45, 2.75) is 13.3 Å². The molecule has 1 heterocycles. The van der Waals surface area contributed by atoms with E-state index < -0.39 is 5.82 Å². The van der Waals surface area contributed by atoms with E-state index in [-0.39, 0.29) is 11.7 Å². The molecular weight excluding hydrogens is 324 g/mol. The van der Waals surface area contributed by atoms with E-state index in [0.717, 1.165) is 5.56 Å². The lowest BCUT2D eigenvalue weighted by Crippen LogP contribution is -2.26. The van der Waals surface area contributed by atoms with Gasteiger partial charge in [0, 0.05) is 6.54 Å². The van der Waals surface area contributed by atoms with Crippen LogP contribution in [0.2, 0.25) is 0 Å². The number of carbonyl (C=O) groups excluding carboxylic acids is 1. The summed E-state index contributed by atoms with van der Waals surface area (Å²) in [6.07, 6.45) is 2.02. The molecular formula is C19H17F2N3O. The largest absolute Gasteiger partial charge is 0.352 e. The predicted molar refractivity (Wildman–Crippen MR) is 90.7 cm³/mol. The summed E-state index contributed by atoms with van der Waals surface area (Å²) >= 11 is 0. The summed E-state index contributed by atoms with van der Waals surface area (Å²) in [5.41, 5.74) is 2.18. The molecule has 0 saturated heterocycles. The van der Waals surface area contributed by atoms with Gasteiger partial charge in [0.2, 0.25) is 0 Å². The number of rotatable bonds is 5. The third-order valence-corrected chi connectivity index (χ3v) is 3.95. The number of aromatic nitrogens is 2. The van der Waals surface area contributed by atoms with Gasteiger partial charge < -0.3 is 5.32 Å². The monoisotopic (exact) mass is 341 g/mol. The van der Waals surface area contributed by atoms with Gasteiger partial charge in [-0.15, -0.1) is 0 Å². The lowest BCUT2D eigenvalue weighted by Gasteiger charge is -2.07. The second-order valence-corrected chi connectivity index (χ2v) is 5.64. The van der Waals surface area contributed by atoms with Crippen LogP contribution in [-0.2, 0) is 6.42 Å². The number of carbonyl (C=O) groups is 1. The highest BCUT2D eigenvalue weighted by Crippen LogP contribution is 2.17. The van der Waals surface area contributed by atoms with E-state index in [1.54, 1.807) is 37.3 Å². The summed E-state index contributed by atoms with van der Waals surface area (Å²) in [6.45, 7) is 2.13. The van der Waals surface area contributed by atoms with E-state index in [4.69, 9.17) is 0 Å². The molecule has 0 atom stereocenters. The van der Waals surface area contributed by atoms with Crippen LogP contribution < -0.4 is 5.32 Å². The van der Waals surface area contributed by atoms with Crippen LogP contribution in [0.3, 0.4) is 0 Å². The first kappa shape index (κ1) is 16.8. The highest BCUT2D eigenvalue weighted by molar-refractivity contribution is 5.95. The van der Waals surface area contributed by atoms with Crippen LogP contribution in [0.5, 0.6) is 0 Å². The van der Waals surface area contributed by atoms with E-state index >= 15 is 0 Å². The van der Waals surface area contributed by atoms with Crippen LogP contribution in [0.1, 0.15) is 21.6 Å². The van der Waals surface area contributed by atoms with Gasteiger partial charge >= 0.3 is 0 Å². The summed E-state index contributed by atoms with van der Waals surface area (Å²) in [5, 5.41) is 6.92. The Hall–Kier alpha value is -3.02. The second-order valence-electron chi connectivity index (χ2n) is 5.64. The third-order valence-electron chi connectivity index (χ3n) is 3.95. The van der Waals surface area contributed by atoms with Crippen LogP contribution in [0.25, 0.3) is 5.69 Å². The van der Waals surface area contributed by atoms with Crippen LogP contribution in [0.15, 0.2) is 54.7 Å². The first-order valence-electron chi connectivity index (χ1n) is 7.88. The summed E-state index contributed by atoms with van der Waals surface area (Å²) in [4.78, 5) is 12.3. The SMILES string of the molecule is Cc1c(C(=O)NCCc2ccc(F)cc2)cnn1-c1ccccc1F. The van der Waals surface area contributed by atoms with E-state index in [0.29, 0.717) is 29.9 Å². The van der Waals surface area contributed by atoms with Crippen molar-refractivity contribution in [1.82, 2.24) is 15.1 Å². The number of benzene rings is 2. The molecule has 1 N–H and O–H groups in total. The van der Waals surface area contributed by atoms with Crippen LogP contribution in [-0.4, -0.2) is 22.2 Å². The molecule has 2 aromatic carbocycles. The molecule has 1 aromatic heterocycles. The van der Waals surface area contributed by atoms with Crippen molar-refractivity contribution in [1.29, 1.82) is 0 Å².